The zero-order valence-corrected chi connectivity index (χ0v) is 27.7. The summed E-state index contributed by atoms with van der Waals surface area (Å²) in [5.41, 5.74) is 3.54. The number of Topliss-reactive ketones (excluding diaryl/α,β-unsaturated/α-hetero) is 2. The normalized spacial score (nSPS) is 42.6. The summed E-state index contributed by atoms with van der Waals surface area (Å²) in [4.78, 5) is 37.6. The molecule has 4 fully saturated rings. The number of aromatic nitrogens is 2. The van der Waals surface area contributed by atoms with Gasteiger partial charge in [-0.15, -0.1) is 0 Å². The number of rotatable bonds is 4. The summed E-state index contributed by atoms with van der Waals surface area (Å²) in [5, 5.41) is 11.0. The van der Waals surface area contributed by atoms with E-state index in [0.717, 1.165) is 68.3 Å². The van der Waals surface area contributed by atoms with Crippen LogP contribution in [-0.4, -0.2) is 32.7 Å². The fourth-order valence-corrected chi connectivity index (χ4v) is 12.1. The minimum Gasteiger partial charge on any atom is -0.393 e. The van der Waals surface area contributed by atoms with Crippen molar-refractivity contribution in [2.75, 3.05) is 0 Å². The molecule has 0 bridgehead atoms. The molecule has 42 heavy (non-hydrogen) atoms. The lowest BCUT2D eigenvalue weighted by Gasteiger charge is -2.72. The molecule has 1 N–H and O–H groups in total. The van der Waals surface area contributed by atoms with Crippen molar-refractivity contribution in [2.24, 2.45) is 50.7 Å². The van der Waals surface area contributed by atoms with Crippen LogP contribution in [0.4, 0.5) is 0 Å². The van der Waals surface area contributed by atoms with Crippen molar-refractivity contribution in [2.45, 2.75) is 133 Å². The number of carbonyl (C=O) groups excluding carboxylic acids is 2. The summed E-state index contributed by atoms with van der Waals surface area (Å²) in [5.74, 6) is 2.42. The number of ketones is 2. The summed E-state index contributed by atoms with van der Waals surface area (Å²) in [6.07, 6.45) is 8.55. The summed E-state index contributed by atoms with van der Waals surface area (Å²) in [7, 11) is 0. The molecule has 0 aliphatic heterocycles. The SMILES string of the molecule is Cc1cc(C)nc(CC(=O)[C@@]23CC[C@]4(C)[C@H](CC[C@@H]5[C@@]6(C)CC[C@H](O)C(C)(C)[C@@H]6CC[C@]54C)C2=C(C(C)C)C(=O)C3)n1. The van der Waals surface area contributed by atoms with E-state index in [-0.39, 0.29) is 57.6 Å². The lowest BCUT2D eigenvalue weighted by Crippen LogP contribution is -2.65. The molecule has 0 aromatic carbocycles. The van der Waals surface area contributed by atoms with Crippen LogP contribution in [0.1, 0.15) is 123 Å². The largest absolute Gasteiger partial charge is 0.393 e. The Balaban J connectivity index is 1.42. The fraction of sp³-hybridized carbons (Fsp3) is 0.784. The molecule has 1 aromatic rings. The lowest BCUT2D eigenvalue weighted by molar-refractivity contribution is -0.228. The van der Waals surface area contributed by atoms with E-state index >= 15 is 0 Å². The van der Waals surface area contributed by atoms with Crippen LogP contribution >= 0.6 is 0 Å². The predicted molar refractivity (Wildman–Crippen MR) is 166 cm³/mol. The van der Waals surface area contributed by atoms with Crippen LogP contribution < -0.4 is 0 Å². The monoisotopic (exact) mass is 574 g/mol. The fourth-order valence-electron chi connectivity index (χ4n) is 12.1. The molecule has 4 saturated carbocycles. The van der Waals surface area contributed by atoms with Crippen LogP contribution in [-0.2, 0) is 16.0 Å². The minimum absolute atomic E-state index is 0.0321. The molecule has 0 saturated heterocycles. The average molecular weight is 575 g/mol. The van der Waals surface area contributed by atoms with Crippen LogP contribution in [0, 0.1) is 64.6 Å². The summed E-state index contributed by atoms with van der Waals surface area (Å²) in [6.45, 7) is 20.5. The number of aliphatic hydroxyl groups excluding tert-OH is 1. The third-order valence-electron chi connectivity index (χ3n) is 14.3. The average Bonchev–Trinajstić information content (AvgIpc) is 3.20. The van der Waals surface area contributed by atoms with Gasteiger partial charge < -0.3 is 5.11 Å². The molecule has 1 heterocycles. The summed E-state index contributed by atoms with van der Waals surface area (Å²) in [6, 6.07) is 1.95. The van der Waals surface area contributed by atoms with Crippen molar-refractivity contribution >= 4 is 11.6 Å². The second-order valence-electron chi connectivity index (χ2n) is 16.8. The van der Waals surface area contributed by atoms with E-state index < -0.39 is 5.41 Å². The third kappa shape index (κ3) is 3.90. The number of allylic oxidation sites excluding steroid dienone is 2. The highest BCUT2D eigenvalue weighted by molar-refractivity contribution is 6.07. The second-order valence-corrected chi connectivity index (χ2v) is 16.8. The van der Waals surface area contributed by atoms with E-state index in [0.29, 0.717) is 24.1 Å². The summed E-state index contributed by atoms with van der Waals surface area (Å²) < 4.78 is 0. The van der Waals surface area contributed by atoms with Gasteiger partial charge in [0.15, 0.2) is 11.6 Å². The molecule has 5 heteroatoms. The minimum atomic E-state index is -0.705. The first-order valence-electron chi connectivity index (χ1n) is 16.8. The molecule has 0 radical (unpaired) electrons. The van der Waals surface area contributed by atoms with Gasteiger partial charge in [-0.3, -0.25) is 9.59 Å². The molecule has 5 nitrogen and oxygen atoms in total. The number of fused-ring (bicyclic) bond motifs is 7. The predicted octanol–water partition coefficient (Wildman–Crippen LogP) is 7.55. The van der Waals surface area contributed by atoms with E-state index in [1.54, 1.807) is 0 Å². The summed E-state index contributed by atoms with van der Waals surface area (Å²) >= 11 is 0. The van der Waals surface area contributed by atoms with Gasteiger partial charge in [0.2, 0.25) is 0 Å². The van der Waals surface area contributed by atoms with Gasteiger partial charge >= 0.3 is 0 Å². The highest BCUT2D eigenvalue weighted by atomic mass is 16.3. The number of carbonyl (C=O) groups is 2. The first kappa shape index (κ1) is 30.2. The van der Waals surface area contributed by atoms with Gasteiger partial charge in [-0.25, -0.2) is 9.97 Å². The van der Waals surface area contributed by atoms with E-state index in [4.69, 9.17) is 0 Å². The Bertz CT molecular complexity index is 1340. The van der Waals surface area contributed by atoms with E-state index in [9.17, 15) is 14.7 Å². The van der Waals surface area contributed by atoms with Crippen LogP contribution in [0.25, 0.3) is 0 Å². The molecular weight excluding hydrogens is 520 g/mol. The van der Waals surface area contributed by atoms with Gasteiger partial charge in [0.25, 0.3) is 0 Å². The first-order chi connectivity index (χ1) is 19.5. The van der Waals surface area contributed by atoms with Gasteiger partial charge in [-0.05, 0) is 128 Å². The Morgan fingerprint density at radius 1 is 0.905 bits per heavy atom. The smallest absolute Gasteiger partial charge is 0.160 e. The van der Waals surface area contributed by atoms with E-state index in [1.807, 2.05) is 19.9 Å². The number of aliphatic hydroxyl groups is 1. The van der Waals surface area contributed by atoms with Gasteiger partial charge in [0.05, 0.1) is 17.9 Å². The number of hydrogen-bond acceptors (Lipinski definition) is 5. The van der Waals surface area contributed by atoms with Crippen molar-refractivity contribution in [1.29, 1.82) is 0 Å². The molecule has 5 aliphatic rings. The van der Waals surface area contributed by atoms with Gasteiger partial charge in [0, 0.05) is 17.8 Å². The Hall–Kier alpha value is -1.88. The van der Waals surface area contributed by atoms with E-state index in [2.05, 4.69) is 58.4 Å². The van der Waals surface area contributed by atoms with Crippen molar-refractivity contribution < 1.29 is 14.7 Å². The Morgan fingerprint density at radius 2 is 1.57 bits per heavy atom. The van der Waals surface area contributed by atoms with Crippen LogP contribution in [0.2, 0.25) is 0 Å². The van der Waals surface area contributed by atoms with Gasteiger partial charge in [-0.1, -0.05) is 48.5 Å². The van der Waals surface area contributed by atoms with Crippen LogP contribution in [0.3, 0.4) is 0 Å². The number of hydrogen-bond donors (Lipinski definition) is 1. The zero-order chi connectivity index (χ0) is 30.6. The maximum atomic E-state index is 14.5. The Kier molecular flexibility index (Phi) is 6.86. The van der Waals surface area contributed by atoms with Crippen molar-refractivity contribution in [3.8, 4) is 0 Å². The Labute approximate surface area is 253 Å². The van der Waals surface area contributed by atoms with Gasteiger partial charge in [0.1, 0.15) is 5.82 Å². The second kappa shape index (κ2) is 9.56. The molecule has 1 aromatic heterocycles. The molecule has 8 atom stereocenters. The molecule has 0 amide bonds. The number of nitrogens with zero attached hydrogens (tertiary/aromatic N) is 2. The highest BCUT2D eigenvalue weighted by Gasteiger charge is 2.70. The van der Waals surface area contributed by atoms with Crippen molar-refractivity contribution in [1.82, 2.24) is 9.97 Å². The topological polar surface area (TPSA) is 80.1 Å². The molecule has 0 spiro atoms. The molecule has 5 aliphatic carbocycles. The zero-order valence-electron chi connectivity index (χ0n) is 27.7. The molecular formula is C37H54N2O3. The standard InChI is InChI=1S/C37H54N2O3/c1-21(2)31-25(40)20-37(29(42)19-30-38-22(3)18-23(4)39-30)17-16-35(8)24(32(31)37)10-11-27-34(7)14-13-28(41)33(5,6)26(34)12-15-36(27,35)9/h18,21,24,26-28,41H,10-17,19-20H2,1-9H3/t24-,26+,27-,28+,34+,35-,36-,37+/m1/s1. The third-order valence-corrected chi connectivity index (χ3v) is 14.3. The Morgan fingerprint density at radius 3 is 2.21 bits per heavy atom. The van der Waals surface area contributed by atoms with Gasteiger partial charge in [-0.2, -0.15) is 0 Å². The highest BCUT2D eigenvalue weighted by Crippen LogP contribution is 2.76. The molecule has 230 valence electrons. The van der Waals surface area contributed by atoms with Crippen molar-refractivity contribution in [3.05, 3.63) is 34.4 Å². The number of aryl methyl sites for hydroxylation is 2. The van der Waals surface area contributed by atoms with Crippen LogP contribution in [0.5, 0.6) is 0 Å². The maximum Gasteiger partial charge on any atom is 0.160 e. The van der Waals surface area contributed by atoms with Crippen LogP contribution in [0.15, 0.2) is 17.2 Å². The maximum absolute atomic E-state index is 14.5. The van der Waals surface area contributed by atoms with Crippen molar-refractivity contribution in [3.63, 3.8) is 0 Å². The molecule has 0 unspecified atom stereocenters. The quantitative estimate of drug-likeness (QED) is 0.402. The first-order valence-corrected chi connectivity index (χ1v) is 16.8. The molecule has 6 rings (SSSR count). The van der Waals surface area contributed by atoms with E-state index in [1.165, 1.54) is 5.57 Å². The lowest BCUT2D eigenvalue weighted by atomic mass is 9.33.